The Morgan fingerprint density at radius 1 is 1.11 bits per heavy atom. The predicted octanol–water partition coefficient (Wildman–Crippen LogP) is 6.84. The molecule has 0 amide bonds. The number of hydrogen-bond donors (Lipinski definition) is 3. The molecule has 4 aromatic rings. The summed E-state index contributed by atoms with van der Waals surface area (Å²) in [5.41, 5.74) is 6.33. The topological polar surface area (TPSA) is 108 Å². The van der Waals surface area contributed by atoms with E-state index in [1.54, 1.807) is 19.2 Å². The zero-order chi connectivity index (χ0) is 31.2. The molecular weight excluding hydrogens is 581 g/mol. The summed E-state index contributed by atoms with van der Waals surface area (Å²) in [5.74, 6) is 0.411. The standard InChI is InChI=1S/C35H35ClFN3O4/c1-3-43-35-14-32(37)30(13-33(35)42)28-6-4-5-27-24(7-8-29(27)28)10-25-12-34(26(11-31(25)36)18-40-21(2)19-41)44-20-23-9-22(15-38)16-39-17-23/h4-6,9,11-14,16-17,21,24,40-42H,3,7-8,10,18-20H2,1-2H3/t21?,24-/m1/s1. The fraction of sp³-hybridized carbons (Fsp3) is 0.314. The van der Waals surface area contributed by atoms with Crippen molar-refractivity contribution in [1.29, 1.82) is 5.26 Å². The molecule has 7 nitrogen and oxygen atoms in total. The lowest BCUT2D eigenvalue weighted by atomic mass is 9.90. The third kappa shape index (κ3) is 6.97. The lowest BCUT2D eigenvalue weighted by molar-refractivity contribution is 0.249. The summed E-state index contributed by atoms with van der Waals surface area (Å²) in [6, 6.07) is 16.2. The summed E-state index contributed by atoms with van der Waals surface area (Å²) < 4.78 is 26.8. The molecule has 1 heterocycles. The van der Waals surface area contributed by atoms with Gasteiger partial charge in [0, 0.05) is 52.8 Å². The Kier molecular flexibility index (Phi) is 10.0. The normalized spacial score (nSPS) is 14.6. The second-order valence-electron chi connectivity index (χ2n) is 11.0. The molecule has 0 bridgehead atoms. The van der Waals surface area contributed by atoms with Crippen molar-refractivity contribution in [2.45, 2.75) is 58.2 Å². The van der Waals surface area contributed by atoms with Crippen LogP contribution in [0.4, 0.5) is 4.39 Å². The van der Waals surface area contributed by atoms with Crippen molar-refractivity contribution in [1.82, 2.24) is 10.3 Å². The van der Waals surface area contributed by atoms with Gasteiger partial charge in [-0.05, 0) is 85.5 Å². The van der Waals surface area contributed by atoms with Crippen molar-refractivity contribution in [3.05, 3.63) is 105 Å². The van der Waals surface area contributed by atoms with Gasteiger partial charge < -0.3 is 25.0 Å². The lowest BCUT2D eigenvalue weighted by Crippen LogP contribution is -2.28. The second-order valence-corrected chi connectivity index (χ2v) is 11.5. The number of pyridine rings is 1. The third-order valence-electron chi connectivity index (χ3n) is 7.96. The van der Waals surface area contributed by atoms with Gasteiger partial charge in [-0.3, -0.25) is 4.98 Å². The number of aromatic hydroxyl groups is 1. The van der Waals surface area contributed by atoms with Gasteiger partial charge in [0.15, 0.2) is 11.5 Å². The molecule has 2 atom stereocenters. The molecule has 1 aliphatic carbocycles. The molecule has 0 aliphatic heterocycles. The summed E-state index contributed by atoms with van der Waals surface area (Å²) in [5, 5.41) is 33.1. The molecular formula is C35H35ClFN3O4. The fourth-order valence-electron chi connectivity index (χ4n) is 5.69. The maximum Gasteiger partial charge on any atom is 0.163 e. The number of aliphatic hydroxyl groups excluding tert-OH is 1. The summed E-state index contributed by atoms with van der Waals surface area (Å²) in [7, 11) is 0. The van der Waals surface area contributed by atoms with Crippen molar-refractivity contribution in [3.8, 4) is 34.4 Å². The van der Waals surface area contributed by atoms with Crippen LogP contribution < -0.4 is 14.8 Å². The summed E-state index contributed by atoms with van der Waals surface area (Å²) in [6.07, 6.45) is 5.48. The zero-order valence-electron chi connectivity index (χ0n) is 24.7. The second kappa shape index (κ2) is 14.1. The number of halogens is 2. The lowest BCUT2D eigenvalue weighted by Gasteiger charge is -2.19. The van der Waals surface area contributed by atoms with Gasteiger partial charge in [-0.25, -0.2) is 4.39 Å². The van der Waals surface area contributed by atoms with Gasteiger partial charge >= 0.3 is 0 Å². The zero-order valence-corrected chi connectivity index (χ0v) is 25.5. The highest BCUT2D eigenvalue weighted by Gasteiger charge is 2.27. The first-order chi connectivity index (χ1) is 21.3. The summed E-state index contributed by atoms with van der Waals surface area (Å²) >= 11 is 6.85. The van der Waals surface area contributed by atoms with Gasteiger partial charge in [0.2, 0.25) is 0 Å². The Balaban J connectivity index is 1.42. The molecule has 5 rings (SSSR count). The number of fused-ring (bicyclic) bond motifs is 1. The number of hydrogen-bond acceptors (Lipinski definition) is 7. The Morgan fingerprint density at radius 3 is 2.73 bits per heavy atom. The minimum atomic E-state index is -0.442. The molecule has 44 heavy (non-hydrogen) atoms. The van der Waals surface area contributed by atoms with E-state index in [2.05, 4.69) is 22.4 Å². The molecule has 1 aliphatic rings. The molecule has 1 unspecified atom stereocenters. The van der Waals surface area contributed by atoms with Crippen molar-refractivity contribution in [3.63, 3.8) is 0 Å². The van der Waals surface area contributed by atoms with Gasteiger partial charge in [-0.15, -0.1) is 0 Å². The van der Waals surface area contributed by atoms with Crippen molar-refractivity contribution in [2.24, 2.45) is 0 Å². The number of nitrogens with zero attached hydrogens (tertiary/aromatic N) is 2. The van der Waals surface area contributed by atoms with Crippen LogP contribution in [0.5, 0.6) is 17.2 Å². The van der Waals surface area contributed by atoms with Gasteiger partial charge in [0.05, 0.1) is 18.8 Å². The smallest absolute Gasteiger partial charge is 0.163 e. The molecule has 0 spiro atoms. The highest BCUT2D eigenvalue weighted by atomic mass is 35.5. The number of ether oxygens (including phenoxy) is 2. The van der Waals surface area contributed by atoms with E-state index < -0.39 is 5.82 Å². The maximum atomic E-state index is 15.2. The molecule has 0 fully saturated rings. The molecule has 0 saturated carbocycles. The number of aliphatic hydroxyl groups is 1. The van der Waals surface area contributed by atoms with Crippen LogP contribution in [-0.4, -0.2) is 34.5 Å². The molecule has 3 aromatic carbocycles. The number of phenolic OH excluding ortho intramolecular Hbond substituents is 1. The number of rotatable bonds is 12. The number of aromatic nitrogens is 1. The van der Waals surface area contributed by atoms with Crippen molar-refractivity contribution < 1.29 is 24.1 Å². The van der Waals surface area contributed by atoms with E-state index in [-0.39, 0.29) is 36.7 Å². The van der Waals surface area contributed by atoms with Gasteiger partial charge in [-0.2, -0.15) is 5.26 Å². The van der Waals surface area contributed by atoms with E-state index in [0.717, 1.165) is 46.2 Å². The number of phenols is 1. The van der Waals surface area contributed by atoms with Crippen LogP contribution >= 0.6 is 11.6 Å². The predicted molar refractivity (Wildman–Crippen MR) is 168 cm³/mol. The van der Waals surface area contributed by atoms with Crippen LogP contribution in [-0.2, 0) is 26.0 Å². The van der Waals surface area contributed by atoms with E-state index in [0.29, 0.717) is 41.5 Å². The molecule has 0 radical (unpaired) electrons. The Morgan fingerprint density at radius 2 is 1.95 bits per heavy atom. The van der Waals surface area contributed by atoms with E-state index in [1.165, 1.54) is 18.3 Å². The van der Waals surface area contributed by atoms with Gasteiger partial charge in [0.1, 0.15) is 24.2 Å². The van der Waals surface area contributed by atoms with E-state index in [9.17, 15) is 15.5 Å². The minimum absolute atomic E-state index is 0.00210. The van der Waals surface area contributed by atoms with Crippen molar-refractivity contribution >= 4 is 11.6 Å². The van der Waals surface area contributed by atoms with Gasteiger partial charge in [-0.1, -0.05) is 29.8 Å². The highest BCUT2D eigenvalue weighted by Crippen LogP contribution is 2.44. The van der Waals surface area contributed by atoms with Crippen molar-refractivity contribution in [2.75, 3.05) is 13.2 Å². The number of nitrogens with one attached hydrogen (secondary N) is 1. The Bertz CT molecular complexity index is 1690. The summed E-state index contributed by atoms with van der Waals surface area (Å²) in [6.45, 7) is 4.67. The van der Waals surface area contributed by atoms with Crippen LogP contribution in [0.3, 0.4) is 0 Å². The van der Waals surface area contributed by atoms with Crippen LogP contribution in [0, 0.1) is 17.1 Å². The number of nitriles is 1. The summed E-state index contributed by atoms with van der Waals surface area (Å²) in [4.78, 5) is 4.13. The highest BCUT2D eigenvalue weighted by molar-refractivity contribution is 6.31. The largest absolute Gasteiger partial charge is 0.504 e. The van der Waals surface area contributed by atoms with Gasteiger partial charge in [0.25, 0.3) is 0 Å². The van der Waals surface area contributed by atoms with Crippen LogP contribution in [0.15, 0.2) is 60.9 Å². The first kappa shape index (κ1) is 31.3. The van der Waals surface area contributed by atoms with E-state index >= 15 is 4.39 Å². The SMILES string of the molecule is CCOc1cc(F)c(-c2cccc3c2CC[C@@H]3Cc2cc(OCc3cncc(C#N)c3)c(CNC(C)CO)cc2Cl)cc1O. The monoisotopic (exact) mass is 615 g/mol. The quantitative estimate of drug-likeness (QED) is 0.160. The third-order valence-corrected chi connectivity index (χ3v) is 8.31. The van der Waals surface area contributed by atoms with E-state index in [1.807, 2.05) is 31.2 Å². The molecule has 1 aromatic heterocycles. The Labute approximate surface area is 261 Å². The first-order valence-corrected chi connectivity index (χ1v) is 15.1. The molecule has 3 N–H and O–H groups in total. The first-order valence-electron chi connectivity index (χ1n) is 14.7. The Hall–Kier alpha value is -4.16. The van der Waals surface area contributed by atoms with Crippen LogP contribution in [0.1, 0.15) is 59.6 Å². The number of benzene rings is 3. The maximum absolute atomic E-state index is 15.2. The molecule has 0 saturated heterocycles. The average molecular weight is 616 g/mol. The molecule has 228 valence electrons. The van der Waals surface area contributed by atoms with Crippen LogP contribution in [0.2, 0.25) is 5.02 Å². The molecule has 9 heteroatoms. The minimum Gasteiger partial charge on any atom is -0.504 e. The fourth-order valence-corrected chi connectivity index (χ4v) is 5.96. The van der Waals surface area contributed by atoms with E-state index in [4.69, 9.17) is 21.1 Å². The van der Waals surface area contributed by atoms with Crippen LogP contribution in [0.25, 0.3) is 11.1 Å². The average Bonchev–Trinajstić information content (AvgIpc) is 3.44.